The molecule has 4 nitrogen and oxygen atoms in total. The van der Waals surface area contributed by atoms with E-state index >= 15 is 0 Å². The third-order valence-electron chi connectivity index (χ3n) is 1.86. The Hall–Kier alpha value is -0.900. The zero-order valence-corrected chi connectivity index (χ0v) is 9.96. The van der Waals surface area contributed by atoms with Crippen LogP contribution in [-0.4, -0.2) is 30.6 Å². The van der Waals surface area contributed by atoms with Gasteiger partial charge < -0.3 is 9.47 Å². The molecule has 0 unspecified atom stereocenters. The molecule has 0 spiro atoms. The predicted molar refractivity (Wildman–Crippen MR) is 56.6 cm³/mol. The van der Waals surface area contributed by atoms with Gasteiger partial charge in [-0.25, -0.2) is 4.79 Å². The molecule has 0 heterocycles. The largest absolute Gasteiger partial charge is 0.464 e. The van der Waals surface area contributed by atoms with Crippen molar-refractivity contribution in [2.45, 2.75) is 46.1 Å². The van der Waals surface area contributed by atoms with Crippen LogP contribution < -0.4 is 0 Å². The first-order valence-corrected chi connectivity index (χ1v) is 5.20. The summed E-state index contributed by atoms with van der Waals surface area (Å²) in [5.74, 6) is -0.526. The van der Waals surface area contributed by atoms with Crippen molar-refractivity contribution in [2.24, 2.45) is 0 Å². The van der Waals surface area contributed by atoms with Gasteiger partial charge in [0.2, 0.25) is 0 Å². The lowest BCUT2D eigenvalue weighted by atomic mass is 10.1. The van der Waals surface area contributed by atoms with E-state index in [1.165, 1.54) is 6.92 Å². The van der Waals surface area contributed by atoms with Gasteiger partial charge in [-0.05, 0) is 27.2 Å². The maximum atomic E-state index is 11.5. The molecule has 0 aromatic carbocycles. The second kappa shape index (κ2) is 6.56. The number of carbonyl (C=O) groups excluding carboxylic acids is 2. The molecular weight excluding hydrogens is 196 g/mol. The third-order valence-corrected chi connectivity index (χ3v) is 1.86. The van der Waals surface area contributed by atoms with E-state index < -0.39 is 11.6 Å². The first kappa shape index (κ1) is 14.1. The number of hydrogen-bond acceptors (Lipinski definition) is 4. The lowest BCUT2D eigenvalue weighted by Gasteiger charge is -2.22. The molecule has 0 aliphatic heterocycles. The molecule has 0 aromatic rings. The van der Waals surface area contributed by atoms with Crippen molar-refractivity contribution in [1.29, 1.82) is 0 Å². The Kier molecular flexibility index (Phi) is 6.17. The van der Waals surface area contributed by atoms with E-state index in [1.54, 1.807) is 13.8 Å². The zero-order chi connectivity index (χ0) is 11.9. The van der Waals surface area contributed by atoms with Gasteiger partial charge in [-0.1, -0.05) is 13.3 Å². The Labute approximate surface area is 90.9 Å². The highest BCUT2D eigenvalue weighted by molar-refractivity contribution is 5.80. The van der Waals surface area contributed by atoms with Crippen LogP contribution in [0.25, 0.3) is 0 Å². The summed E-state index contributed by atoms with van der Waals surface area (Å²) in [6.45, 7) is 6.98. The van der Waals surface area contributed by atoms with Crippen molar-refractivity contribution in [3.05, 3.63) is 0 Å². The predicted octanol–water partition coefficient (Wildman–Crippen LogP) is 1.71. The zero-order valence-electron chi connectivity index (χ0n) is 9.96. The number of ketones is 1. The Bertz CT molecular complexity index is 221. The van der Waals surface area contributed by atoms with E-state index in [-0.39, 0.29) is 12.4 Å². The van der Waals surface area contributed by atoms with Gasteiger partial charge >= 0.3 is 5.97 Å². The van der Waals surface area contributed by atoms with E-state index in [9.17, 15) is 9.59 Å². The molecule has 0 aliphatic carbocycles. The molecule has 0 amide bonds. The minimum atomic E-state index is -1.04. The van der Waals surface area contributed by atoms with Gasteiger partial charge in [0.25, 0.3) is 0 Å². The van der Waals surface area contributed by atoms with Crippen molar-refractivity contribution < 1.29 is 19.1 Å². The third kappa shape index (κ3) is 6.23. The summed E-state index contributed by atoms with van der Waals surface area (Å²) >= 11 is 0. The Balaban J connectivity index is 3.96. The number of hydrogen-bond donors (Lipinski definition) is 0. The smallest absolute Gasteiger partial charge is 0.337 e. The van der Waals surface area contributed by atoms with E-state index in [2.05, 4.69) is 0 Å². The van der Waals surface area contributed by atoms with Gasteiger partial charge in [0, 0.05) is 0 Å². The minimum absolute atomic E-state index is 0.0596. The highest BCUT2D eigenvalue weighted by Crippen LogP contribution is 2.11. The summed E-state index contributed by atoms with van der Waals surface area (Å²) in [6, 6.07) is 0. The summed E-state index contributed by atoms with van der Waals surface area (Å²) in [4.78, 5) is 22.2. The van der Waals surface area contributed by atoms with Crippen molar-refractivity contribution in [3.63, 3.8) is 0 Å². The second-order valence-corrected chi connectivity index (χ2v) is 3.99. The van der Waals surface area contributed by atoms with E-state index in [4.69, 9.17) is 9.47 Å². The molecular formula is C11H20O4. The Morgan fingerprint density at radius 2 is 1.87 bits per heavy atom. The molecule has 0 aliphatic rings. The molecule has 0 atom stereocenters. The fourth-order valence-electron chi connectivity index (χ4n) is 0.824. The number of unbranched alkanes of at least 4 members (excludes halogenated alkanes) is 1. The quantitative estimate of drug-likeness (QED) is 0.480. The normalized spacial score (nSPS) is 11.2. The fourth-order valence-corrected chi connectivity index (χ4v) is 0.824. The molecule has 0 bridgehead atoms. The van der Waals surface area contributed by atoms with Crippen molar-refractivity contribution in [3.8, 4) is 0 Å². The molecule has 88 valence electrons. The molecule has 0 rings (SSSR count). The van der Waals surface area contributed by atoms with Crippen LogP contribution in [0.1, 0.15) is 40.5 Å². The molecule has 0 saturated carbocycles. The van der Waals surface area contributed by atoms with Crippen LogP contribution in [0.2, 0.25) is 0 Å². The number of Topliss-reactive ketones (excluding diaryl/α,β-unsaturated/α-hetero) is 1. The molecule has 0 saturated heterocycles. The minimum Gasteiger partial charge on any atom is -0.464 e. The standard InChI is InChI=1S/C11H20O4/c1-5-6-7-14-10(13)11(3,4)15-8-9(2)12/h5-8H2,1-4H3. The Morgan fingerprint density at radius 3 is 2.33 bits per heavy atom. The van der Waals surface area contributed by atoms with Crippen LogP contribution in [0, 0.1) is 0 Å². The first-order chi connectivity index (χ1) is 6.90. The molecule has 0 radical (unpaired) electrons. The molecule has 4 heteroatoms. The SMILES string of the molecule is CCCCOC(=O)C(C)(C)OCC(C)=O. The molecule has 0 N–H and O–H groups in total. The monoisotopic (exact) mass is 216 g/mol. The molecule has 15 heavy (non-hydrogen) atoms. The second-order valence-electron chi connectivity index (χ2n) is 3.99. The highest BCUT2D eigenvalue weighted by Gasteiger charge is 2.30. The van der Waals surface area contributed by atoms with E-state index in [0.29, 0.717) is 6.61 Å². The number of ether oxygens (including phenoxy) is 2. The van der Waals surface area contributed by atoms with Crippen LogP contribution in [0.5, 0.6) is 0 Å². The topological polar surface area (TPSA) is 52.6 Å². The van der Waals surface area contributed by atoms with Crippen LogP contribution in [0.15, 0.2) is 0 Å². The number of esters is 1. The van der Waals surface area contributed by atoms with Crippen LogP contribution >= 0.6 is 0 Å². The fraction of sp³-hybridized carbons (Fsp3) is 0.818. The molecule has 0 fully saturated rings. The summed E-state index contributed by atoms with van der Waals surface area (Å²) in [6.07, 6.45) is 1.82. The van der Waals surface area contributed by atoms with E-state index in [0.717, 1.165) is 12.8 Å². The summed E-state index contributed by atoms with van der Waals surface area (Å²) in [7, 11) is 0. The summed E-state index contributed by atoms with van der Waals surface area (Å²) in [5, 5.41) is 0. The van der Waals surface area contributed by atoms with Gasteiger partial charge in [0.05, 0.1) is 6.61 Å². The van der Waals surface area contributed by atoms with Crippen molar-refractivity contribution in [1.82, 2.24) is 0 Å². The number of rotatable bonds is 7. The lowest BCUT2D eigenvalue weighted by Crippen LogP contribution is -2.38. The summed E-state index contributed by atoms with van der Waals surface area (Å²) < 4.78 is 10.2. The van der Waals surface area contributed by atoms with Gasteiger partial charge in [0.15, 0.2) is 11.4 Å². The van der Waals surface area contributed by atoms with Crippen molar-refractivity contribution in [2.75, 3.05) is 13.2 Å². The highest BCUT2D eigenvalue weighted by atomic mass is 16.6. The van der Waals surface area contributed by atoms with Crippen LogP contribution in [0.3, 0.4) is 0 Å². The van der Waals surface area contributed by atoms with Gasteiger partial charge in [-0.2, -0.15) is 0 Å². The van der Waals surface area contributed by atoms with Crippen LogP contribution in [0.4, 0.5) is 0 Å². The lowest BCUT2D eigenvalue weighted by molar-refractivity contribution is -0.169. The van der Waals surface area contributed by atoms with Gasteiger partial charge in [-0.3, -0.25) is 4.79 Å². The first-order valence-electron chi connectivity index (χ1n) is 5.20. The average molecular weight is 216 g/mol. The maximum Gasteiger partial charge on any atom is 0.337 e. The Morgan fingerprint density at radius 1 is 1.27 bits per heavy atom. The number of carbonyl (C=O) groups is 2. The van der Waals surface area contributed by atoms with Crippen LogP contribution in [-0.2, 0) is 19.1 Å². The average Bonchev–Trinajstić information content (AvgIpc) is 2.15. The molecule has 0 aromatic heterocycles. The van der Waals surface area contributed by atoms with Gasteiger partial charge in [-0.15, -0.1) is 0 Å². The maximum absolute atomic E-state index is 11.5. The van der Waals surface area contributed by atoms with Crippen molar-refractivity contribution >= 4 is 11.8 Å². The summed E-state index contributed by atoms with van der Waals surface area (Å²) in [5.41, 5.74) is -1.04. The van der Waals surface area contributed by atoms with Gasteiger partial charge in [0.1, 0.15) is 6.61 Å². The van der Waals surface area contributed by atoms with E-state index in [1.807, 2.05) is 6.92 Å².